The summed E-state index contributed by atoms with van der Waals surface area (Å²) < 4.78 is 17.7. The van der Waals surface area contributed by atoms with Crippen LogP contribution in [0.1, 0.15) is 35.5 Å². The van der Waals surface area contributed by atoms with Gasteiger partial charge in [0.2, 0.25) is 0 Å². The zero-order valence-electron chi connectivity index (χ0n) is 16.5. The van der Waals surface area contributed by atoms with Crippen LogP contribution in [0.15, 0.2) is 47.6 Å². The number of aliphatic imine (C=N–C) groups is 1. The Bertz CT molecular complexity index is 1010. The van der Waals surface area contributed by atoms with E-state index in [9.17, 15) is 4.79 Å². The maximum atomic E-state index is 12.7. The van der Waals surface area contributed by atoms with Crippen molar-refractivity contribution >= 4 is 11.8 Å². The molecule has 1 fully saturated rings. The highest BCUT2D eigenvalue weighted by Gasteiger charge is 2.71. The summed E-state index contributed by atoms with van der Waals surface area (Å²) in [5, 5.41) is 0. The molecule has 3 aliphatic rings. The van der Waals surface area contributed by atoms with Crippen LogP contribution in [-0.2, 0) is 21.4 Å². The van der Waals surface area contributed by atoms with Crippen LogP contribution in [0.2, 0.25) is 0 Å². The summed E-state index contributed by atoms with van der Waals surface area (Å²) in [5.41, 5.74) is 6.58. The van der Waals surface area contributed by atoms with E-state index in [2.05, 4.69) is 18.8 Å². The van der Waals surface area contributed by atoms with Gasteiger partial charge in [-0.05, 0) is 43.7 Å². The molecule has 1 saturated heterocycles. The first kappa shape index (κ1) is 18.1. The normalized spacial score (nSPS) is 25.5. The van der Waals surface area contributed by atoms with Gasteiger partial charge in [-0.15, -0.1) is 0 Å². The number of ketones is 1. The van der Waals surface area contributed by atoms with Crippen molar-refractivity contribution in [2.24, 2.45) is 16.1 Å². The minimum Gasteiger partial charge on any atom is -0.487 e. The SMILES string of the molecule is CC1(C)Oc2ccc(CC(=O)c3ccccn3)cc2C2(COC(N)=N2)C12COC2. The third-order valence-corrected chi connectivity index (χ3v) is 6.54. The molecule has 3 aliphatic heterocycles. The summed E-state index contributed by atoms with van der Waals surface area (Å²) in [7, 11) is 0. The molecule has 4 heterocycles. The molecule has 2 N–H and O–H groups in total. The van der Waals surface area contributed by atoms with Gasteiger partial charge >= 0.3 is 0 Å². The van der Waals surface area contributed by atoms with E-state index >= 15 is 0 Å². The van der Waals surface area contributed by atoms with Crippen LogP contribution < -0.4 is 10.5 Å². The van der Waals surface area contributed by atoms with Gasteiger partial charge < -0.3 is 19.9 Å². The molecule has 150 valence electrons. The first-order valence-electron chi connectivity index (χ1n) is 9.69. The van der Waals surface area contributed by atoms with Crippen molar-refractivity contribution in [3.8, 4) is 5.75 Å². The van der Waals surface area contributed by atoms with Gasteiger partial charge in [0.05, 0.1) is 18.6 Å². The molecule has 5 rings (SSSR count). The fraction of sp³-hybridized carbons (Fsp3) is 0.409. The lowest BCUT2D eigenvalue weighted by molar-refractivity contribution is -0.247. The van der Waals surface area contributed by atoms with Gasteiger partial charge in [0.15, 0.2) is 5.78 Å². The van der Waals surface area contributed by atoms with E-state index in [4.69, 9.17) is 24.9 Å². The number of carbonyl (C=O) groups excluding carboxylic acids is 1. The second-order valence-electron chi connectivity index (χ2n) is 8.43. The fourth-order valence-corrected chi connectivity index (χ4v) is 4.74. The van der Waals surface area contributed by atoms with Crippen molar-refractivity contribution in [2.45, 2.75) is 31.4 Å². The molecule has 1 aromatic heterocycles. The Morgan fingerprint density at radius 1 is 1.17 bits per heavy atom. The molecule has 2 aromatic rings. The summed E-state index contributed by atoms with van der Waals surface area (Å²) >= 11 is 0. The van der Waals surface area contributed by atoms with E-state index in [1.807, 2.05) is 24.3 Å². The van der Waals surface area contributed by atoms with Gasteiger partial charge in [-0.3, -0.25) is 9.78 Å². The van der Waals surface area contributed by atoms with Crippen molar-refractivity contribution in [1.82, 2.24) is 4.98 Å². The molecule has 0 aliphatic carbocycles. The predicted molar refractivity (Wildman–Crippen MR) is 106 cm³/mol. The lowest BCUT2D eigenvalue weighted by Crippen LogP contribution is -2.71. The molecule has 7 nitrogen and oxygen atoms in total. The van der Waals surface area contributed by atoms with Gasteiger partial charge in [-0.25, -0.2) is 4.99 Å². The Hall–Kier alpha value is -2.93. The number of benzene rings is 1. The number of nitrogens with two attached hydrogens (primary N) is 1. The number of rotatable bonds is 3. The van der Waals surface area contributed by atoms with Crippen LogP contribution in [0, 0.1) is 5.41 Å². The molecule has 0 bridgehead atoms. The highest BCUT2D eigenvalue weighted by atomic mass is 16.5. The molecule has 1 aromatic carbocycles. The molecule has 0 saturated carbocycles. The van der Waals surface area contributed by atoms with Crippen molar-refractivity contribution in [3.63, 3.8) is 0 Å². The largest absolute Gasteiger partial charge is 0.487 e. The Labute approximate surface area is 168 Å². The quantitative estimate of drug-likeness (QED) is 0.804. The molecule has 29 heavy (non-hydrogen) atoms. The average Bonchev–Trinajstić information content (AvgIpc) is 3.03. The molecule has 7 heteroatoms. The van der Waals surface area contributed by atoms with Crippen LogP contribution in [0.25, 0.3) is 0 Å². The highest BCUT2D eigenvalue weighted by molar-refractivity contribution is 5.95. The average molecular weight is 393 g/mol. The topological polar surface area (TPSA) is 96.0 Å². The second kappa shape index (κ2) is 6.03. The van der Waals surface area contributed by atoms with E-state index in [1.165, 1.54) is 0 Å². The van der Waals surface area contributed by atoms with E-state index in [1.54, 1.807) is 18.3 Å². The lowest BCUT2D eigenvalue weighted by atomic mass is 9.55. The number of carbonyl (C=O) groups is 1. The lowest BCUT2D eigenvalue weighted by Gasteiger charge is -2.61. The maximum absolute atomic E-state index is 12.7. The number of Topliss-reactive ketones (excluding diaryl/α,β-unsaturated/α-hetero) is 1. The summed E-state index contributed by atoms with van der Waals surface area (Å²) in [5.74, 6) is 0.702. The molecule has 2 spiro atoms. The van der Waals surface area contributed by atoms with Gasteiger partial charge in [0.25, 0.3) is 6.02 Å². The minimum absolute atomic E-state index is 0.0379. The number of ether oxygens (including phenoxy) is 3. The highest BCUT2D eigenvalue weighted by Crippen LogP contribution is 2.62. The van der Waals surface area contributed by atoms with Crippen LogP contribution >= 0.6 is 0 Å². The summed E-state index contributed by atoms with van der Waals surface area (Å²) in [6, 6.07) is 11.3. The number of nitrogens with zero attached hydrogens (tertiary/aromatic N) is 2. The number of amidine groups is 1. The van der Waals surface area contributed by atoms with Crippen LogP contribution in [0.4, 0.5) is 0 Å². The second-order valence-corrected chi connectivity index (χ2v) is 8.43. The molecule has 0 amide bonds. The summed E-state index contributed by atoms with van der Waals surface area (Å²) in [6.07, 6.45) is 1.87. The first-order valence-corrected chi connectivity index (χ1v) is 9.69. The Morgan fingerprint density at radius 3 is 2.62 bits per heavy atom. The Morgan fingerprint density at radius 2 is 2.00 bits per heavy atom. The molecule has 1 unspecified atom stereocenters. The van der Waals surface area contributed by atoms with Gasteiger partial charge in [0, 0.05) is 18.2 Å². The Kier molecular flexibility index (Phi) is 3.77. The number of hydrogen-bond donors (Lipinski definition) is 1. The zero-order valence-corrected chi connectivity index (χ0v) is 16.5. The van der Waals surface area contributed by atoms with Crippen LogP contribution in [-0.4, -0.2) is 42.2 Å². The zero-order chi connectivity index (χ0) is 20.3. The van der Waals surface area contributed by atoms with Crippen LogP contribution in [0.5, 0.6) is 5.75 Å². The number of aromatic nitrogens is 1. The third-order valence-electron chi connectivity index (χ3n) is 6.54. The Balaban J connectivity index is 1.59. The third kappa shape index (κ3) is 2.43. The minimum atomic E-state index is -0.698. The van der Waals surface area contributed by atoms with E-state index < -0.39 is 16.6 Å². The molecule has 1 atom stereocenters. The summed E-state index contributed by atoms with van der Waals surface area (Å²) in [4.78, 5) is 21.6. The first-order chi connectivity index (χ1) is 13.9. The smallest absolute Gasteiger partial charge is 0.283 e. The monoisotopic (exact) mass is 393 g/mol. The van der Waals surface area contributed by atoms with Crippen molar-refractivity contribution in [2.75, 3.05) is 19.8 Å². The van der Waals surface area contributed by atoms with Gasteiger partial charge in [-0.1, -0.05) is 12.1 Å². The number of pyridine rings is 1. The van der Waals surface area contributed by atoms with Crippen LogP contribution in [0.3, 0.4) is 0 Å². The van der Waals surface area contributed by atoms with Gasteiger partial charge in [-0.2, -0.15) is 0 Å². The van der Waals surface area contributed by atoms with Crippen molar-refractivity contribution in [1.29, 1.82) is 0 Å². The van der Waals surface area contributed by atoms with E-state index in [-0.39, 0.29) is 18.2 Å². The van der Waals surface area contributed by atoms with E-state index in [0.717, 1.165) is 16.9 Å². The molecule has 0 radical (unpaired) electrons. The standard InChI is InChI=1S/C22H23N3O4/c1-20(2)21(11-27-12-21)22(13-28-19(23)25-22)15-9-14(6-7-18(15)29-20)10-17(26)16-5-3-4-8-24-16/h3-9H,10-13H2,1-2H3,(H2,23,25). The number of hydrogen-bond acceptors (Lipinski definition) is 7. The predicted octanol–water partition coefficient (Wildman–Crippen LogP) is 2.23. The van der Waals surface area contributed by atoms with E-state index in [0.29, 0.717) is 25.5 Å². The maximum Gasteiger partial charge on any atom is 0.283 e. The van der Waals surface area contributed by atoms with Crippen molar-refractivity contribution < 1.29 is 19.0 Å². The fourth-order valence-electron chi connectivity index (χ4n) is 4.74. The van der Waals surface area contributed by atoms with Gasteiger partial charge in [0.1, 0.15) is 29.2 Å². The molecular formula is C22H23N3O4. The molecular weight excluding hydrogens is 370 g/mol. The summed E-state index contributed by atoms with van der Waals surface area (Å²) in [6.45, 7) is 5.47. The number of fused-ring (bicyclic) bond motifs is 3. The van der Waals surface area contributed by atoms with Crippen molar-refractivity contribution in [3.05, 3.63) is 59.4 Å².